The van der Waals surface area contributed by atoms with E-state index in [-0.39, 0.29) is 12.8 Å². The maximum Gasteiger partial charge on any atom is 0.303 e. The van der Waals surface area contributed by atoms with Crippen LogP contribution in [-0.4, -0.2) is 44.7 Å². The summed E-state index contributed by atoms with van der Waals surface area (Å²) in [5, 5.41) is 38.3. The Labute approximate surface area is 119 Å². The molecule has 1 rings (SSSR count). The van der Waals surface area contributed by atoms with Crippen molar-refractivity contribution in [2.45, 2.75) is 63.8 Å². The van der Waals surface area contributed by atoms with Crippen LogP contribution < -0.4 is 0 Å². The molecule has 5 heteroatoms. The van der Waals surface area contributed by atoms with Crippen LogP contribution in [0.2, 0.25) is 0 Å². The predicted octanol–water partition coefficient (Wildman–Crippen LogP) is 1.32. The van der Waals surface area contributed by atoms with Crippen molar-refractivity contribution in [3.05, 3.63) is 12.2 Å². The van der Waals surface area contributed by atoms with Gasteiger partial charge in [0.05, 0.1) is 24.7 Å². The van der Waals surface area contributed by atoms with Crippen LogP contribution in [0.5, 0.6) is 0 Å². The molecule has 0 radical (unpaired) electrons. The third kappa shape index (κ3) is 5.23. The van der Waals surface area contributed by atoms with Gasteiger partial charge < -0.3 is 20.4 Å². The lowest BCUT2D eigenvalue weighted by molar-refractivity contribution is -0.139. The summed E-state index contributed by atoms with van der Waals surface area (Å²) in [6.07, 6.45) is 4.97. The summed E-state index contributed by atoms with van der Waals surface area (Å²) in [5.41, 5.74) is 0. The largest absolute Gasteiger partial charge is 0.481 e. The molecule has 0 aliphatic heterocycles. The zero-order valence-electron chi connectivity index (χ0n) is 12.0. The predicted molar refractivity (Wildman–Crippen MR) is 75.2 cm³/mol. The first-order valence-electron chi connectivity index (χ1n) is 7.40. The monoisotopic (exact) mass is 286 g/mol. The van der Waals surface area contributed by atoms with Crippen molar-refractivity contribution in [1.82, 2.24) is 0 Å². The minimum Gasteiger partial charge on any atom is -0.481 e. The third-order valence-corrected chi connectivity index (χ3v) is 3.99. The molecule has 0 amide bonds. The number of carbonyl (C=O) groups is 1. The van der Waals surface area contributed by atoms with E-state index in [0.717, 1.165) is 19.3 Å². The highest BCUT2D eigenvalue weighted by molar-refractivity contribution is 5.67. The lowest BCUT2D eigenvalue weighted by atomic mass is 9.90. The molecule has 1 aliphatic carbocycles. The van der Waals surface area contributed by atoms with Gasteiger partial charge >= 0.3 is 5.97 Å². The van der Waals surface area contributed by atoms with Gasteiger partial charge in [-0.15, -0.1) is 0 Å². The maximum absolute atomic E-state index is 10.8. The zero-order chi connectivity index (χ0) is 15.1. The van der Waals surface area contributed by atoms with Crippen LogP contribution >= 0.6 is 0 Å². The standard InChI is InChI=1S/C15H26O5/c1-2-3-4-5-10(16)6-7-11-12(8-15(19)20)14(18)9-13(11)17/h6-7,10-14,16-18H,2-5,8-9H2,1H3,(H,19,20)/t10-,11-,12-,13-,14+/m1/s1. The first-order chi connectivity index (χ1) is 9.45. The van der Waals surface area contributed by atoms with E-state index in [2.05, 4.69) is 6.92 Å². The molecule has 0 aromatic rings. The molecular weight excluding hydrogens is 260 g/mol. The second-order valence-electron chi connectivity index (χ2n) is 5.66. The molecule has 5 nitrogen and oxygen atoms in total. The minimum absolute atomic E-state index is 0.167. The van der Waals surface area contributed by atoms with Gasteiger partial charge in [0.1, 0.15) is 0 Å². The smallest absolute Gasteiger partial charge is 0.303 e. The lowest BCUT2D eigenvalue weighted by Crippen LogP contribution is -2.23. The molecule has 116 valence electrons. The maximum atomic E-state index is 10.8. The van der Waals surface area contributed by atoms with Gasteiger partial charge in [-0.3, -0.25) is 4.79 Å². The Morgan fingerprint density at radius 3 is 2.60 bits per heavy atom. The van der Waals surface area contributed by atoms with Gasteiger partial charge in [-0.25, -0.2) is 0 Å². The summed E-state index contributed by atoms with van der Waals surface area (Å²) in [6, 6.07) is 0. The summed E-state index contributed by atoms with van der Waals surface area (Å²) in [6.45, 7) is 2.09. The summed E-state index contributed by atoms with van der Waals surface area (Å²) in [4.78, 5) is 10.8. The lowest BCUT2D eigenvalue weighted by Gasteiger charge is -2.19. The Morgan fingerprint density at radius 2 is 2.00 bits per heavy atom. The van der Waals surface area contributed by atoms with Gasteiger partial charge in [0, 0.05) is 18.3 Å². The molecule has 0 aromatic carbocycles. The second-order valence-corrected chi connectivity index (χ2v) is 5.66. The molecular formula is C15H26O5. The number of aliphatic carboxylic acids is 1. The molecule has 0 aromatic heterocycles. The molecule has 1 saturated carbocycles. The van der Waals surface area contributed by atoms with Crippen LogP contribution in [0.15, 0.2) is 12.2 Å². The Morgan fingerprint density at radius 1 is 1.30 bits per heavy atom. The molecule has 0 unspecified atom stereocenters. The van der Waals surface area contributed by atoms with Crippen molar-refractivity contribution in [2.75, 3.05) is 0 Å². The summed E-state index contributed by atoms with van der Waals surface area (Å²) in [7, 11) is 0. The van der Waals surface area contributed by atoms with E-state index in [9.17, 15) is 20.1 Å². The first-order valence-corrected chi connectivity index (χ1v) is 7.40. The van der Waals surface area contributed by atoms with Gasteiger partial charge in [0.2, 0.25) is 0 Å². The molecule has 1 fully saturated rings. The Bertz CT molecular complexity index is 328. The van der Waals surface area contributed by atoms with Crippen molar-refractivity contribution >= 4 is 5.97 Å². The molecule has 0 spiro atoms. The van der Waals surface area contributed by atoms with E-state index in [0.29, 0.717) is 6.42 Å². The van der Waals surface area contributed by atoms with Gasteiger partial charge in [-0.2, -0.15) is 0 Å². The molecule has 5 atom stereocenters. The normalized spacial score (nSPS) is 31.8. The van der Waals surface area contributed by atoms with E-state index < -0.39 is 36.1 Å². The fourth-order valence-electron chi connectivity index (χ4n) is 2.82. The number of carboxylic acid groups (broad SMARTS) is 1. The van der Waals surface area contributed by atoms with Crippen molar-refractivity contribution in [1.29, 1.82) is 0 Å². The number of carboxylic acids is 1. The average Bonchev–Trinajstić information content (AvgIpc) is 2.62. The highest BCUT2D eigenvalue weighted by Crippen LogP contribution is 2.36. The van der Waals surface area contributed by atoms with E-state index >= 15 is 0 Å². The van der Waals surface area contributed by atoms with Crippen LogP contribution in [-0.2, 0) is 4.79 Å². The highest BCUT2D eigenvalue weighted by Gasteiger charge is 2.41. The molecule has 0 saturated heterocycles. The Kier molecular flexibility index (Phi) is 7.19. The Hall–Kier alpha value is -0.910. The van der Waals surface area contributed by atoms with Crippen LogP contribution in [0.1, 0.15) is 45.4 Å². The highest BCUT2D eigenvalue weighted by atomic mass is 16.4. The van der Waals surface area contributed by atoms with Gasteiger partial charge in [0.25, 0.3) is 0 Å². The quantitative estimate of drug-likeness (QED) is 0.398. The van der Waals surface area contributed by atoms with E-state index in [1.807, 2.05) is 0 Å². The fourth-order valence-corrected chi connectivity index (χ4v) is 2.82. The second kappa shape index (κ2) is 8.39. The van der Waals surface area contributed by atoms with Crippen molar-refractivity contribution < 1.29 is 25.2 Å². The number of aliphatic hydroxyl groups excluding tert-OH is 3. The molecule has 0 bridgehead atoms. The molecule has 0 heterocycles. The van der Waals surface area contributed by atoms with Crippen LogP contribution in [0.25, 0.3) is 0 Å². The first kappa shape index (κ1) is 17.1. The van der Waals surface area contributed by atoms with Crippen LogP contribution in [0.4, 0.5) is 0 Å². The van der Waals surface area contributed by atoms with Crippen molar-refractivity contribution in [3.8, 4) is 0 Å². The average molecular weight is 286 g/mol. The molecule has 4 N–H and O–H groups in total. The molecule has 20 heavy (non-hydrogen) atoms. The minimum atomic E-state index is -0.981. The summed E-state index contributed by atoms with van der Waals surface area (Å²) < 4.78 is 0. The number of aliphatic hydroxyl groups is 3. The van der Waals surface area contributed by atoms with E-state index in [1.165, 1.54) is 0 Å². The van der Waals surface area contributed by atoms with Gasteiger partial charge in [0.15, 0.2) is 0 Å². The number of rotatable bonds is 8. The molecule has 1 aliphatic rings. The third-order valence-electron chi connectivity index (χ3n) is 3.99. The van der Waals surface area contributed by atoms with Gasteiger partial charge in [-0.05, 0) is 6.42 Å². The zero-order valence-corrected chi connectivity index (χ0v) is 12.0. The number of hydrogen-bond donors (Lipinski definition) is 4. The van der Waals surface area contributed by atoms with Crippen molar-refractivity contribution in [3.63, 3.8) is 0 Å². The van der Waals surface area contributed by atoms with Crippen LogP contribution in [0.3, 0.4) is 0 Å². The topological polar surface area (TPSA) is 98.0 Å². The fraction of sp³-hybridized carbons (Fsp3) is 0.800. The number of hydrogen-bond acceptors (Lipinski definition) is 4. The Balaban J connectivity index is 2.55. The number of unbranched alkanes of at least 4 members (excludes halogenated alkanes) is 2. The van der Waals surface area contributed by atoms with Crippen LogP contribution in [0, 0.1) is 11.8 Å². The van der Waals surface area contributed by atoms with E-state index in [1.54, 1.807) is 12.2 Å². The summed E-state index contributed by atoms with van der Waals surface area (Å²) >= 11 is 0. The van der Waals surface area contributed by atoms with Crippen molar-refractivity contribution in [2.24, 2.45) is 11.8 Å². The SMILES string of the molecule is CCCCC[C@@H](O)C=C[C@@H]1[C@@H](CC(=O)O)[C@@H](O)C[C@H]1O. The van der Waals surface area contributed by atoms with E-state index in [4.69, 9.17) is 5.11 Å². The van der Waals surface area contributed by atoms with Gasteiger partial charge in [-0.1, -0.05) is 38.3 Å². The summed E-state index contributed by atoms with van der Waals surface area (Å²) in [5.74, 6) is -1.87.